The lowest BCUT2D eigenvalue weighted by molar-refractivity contribution is -0.115. The molecule has 2 saturated carbocycles. The predicted molar refractivity (Wildman–Crippen MR) is 107 cm³/mol. The van der Waals surface area contributed by atoms with Crippen LogP contribution in [0.5, 0.6) is 5.88 Å². The second kappa shape index (κ2) is 7.62. The minimum absolute atomic E-state index is 0.138. The lowest BCUT2D eigenvalue weighted by Crippen LogP contribution is -2.14. The molecule has 3 aromatic heterocycles. The number of nitrogens with one attached hydrogen (secondary N) is 2. The molecule has 152 valence electrons. The van der Waals surface area contributed by atoms with Gasteiger partial charge in [0.25, 0.3) is 0 Å². The summed E-state index contributed by atoms with van der Waals surface area (Å²) in [5.74, 6) is 2.73. The van der Waals surface area contributed by atoms with E-state index < -0.39 is 0 Å². The Hall–Kier alpha value is -2.68. The van der Waals surface area contributed by atoms with Crippen molar-refractivity contribution in [2.75, 3.05) is 5.32 Å². The molecule has 2 aliphatic rings. The molecule has 2 N–H and O–H groups in total. The Kier molecular flexibility index (Phi) is 4.83. The van der Waals surface area contributed by atoms with E-state index in [0.717, 1.165) is 36.5 Å². The molecule has 0 bridgehead atoms. The van der Waals surface area contributed by atoms with Crippen molar-refractivity contribution in [1.82, 2.24) is 19.7 Å². The van der Waals surface area contributed by atoms with E-state index >= 15 is 0 Å². The molecule has 1 amide bonds. The highest BCUT2D eigenvalue weighted by molar-refractivity contribution is 7.03. The standard InChI is InChI=1S/C20H23N5O3S/c1-11-6-15(28-24-11)8-19(26)21-18-9-17(22-23-18)13-4-5-14(7-13)27-20-16(10-29-25-20)12-2-3-12/h6,9-10,12-14H,2-5,7-8H2,1H3,(H2,21,22,23,26). The fourth-order valence-corrected chi connectivity index (χ4v) is 4.63. The van der Waals surface area contributed by atoms with Crippen LogP contribution in [-0.2, 0) is 11.2 Å². The summed E-state index contributed by atoms with van der Waals surface area (Å²) in [5.41, 5.74) is 3.07. The Morgan fingerprint density at radius 1 is 1.31 bits per heavy atom. The summed E-state index contributed by atoms with van der Waals surface area (Å²) in [6.45, 7) is 1.82. The van der Waals surface area contributed by atoms with Gasteiger partial charge in [0.05, 0.1) is 12.1 Å². The molecule has 0 aliphatic heterocycles. The molecular weight excluding hydrogens is 390 g/mol. The molecule has 0 spiro atoms. The summed E-state index contributed by atoms with van der Waals surface area (Å²) >= 11 is 1.48. The van der Waals surface area contributed by atoms with Crippen LogP contribution in [0.25, 0.3) is 0 Å². The number of hydrogen-bond donors (Lipinski definition) is 2. The minimum atomic E-state index is -0.178. The van der Waals surface area contributed by atoms with Crippen LogP contribution in [0.1, 0.15) is 66.7 Å². The van der Waals surface area contributed by atoms with E-state index in [1.54, 1.807) is 6.07 Å². The molecular formula is C20H23N5O3S. The Bertz CT molecular complexity index is 1010. The molecule has 2 aliphatic carbocycles. The zero-order valence-electron chi connectivity index (χ0n) is 16.2. The monoisotopic (exact) mass is 413 g/mol. The van der Waals surface area contributed by atoms with Gasteiger partial charge in [-0.05, 0) is 56.5 Å². The lowest BCUT2D eigenvalue weighted by Gasteiger charge is -2.13. The molecule has 0 aromatic carbocycles. The fourth-order valence-electron chi connectivity index (χ4n) is 3.93. The fraction of sp³-hybridized carbons (Fsp3) is 0.500. The quantitative estimate of drug-likeness (QED) is 0.608. The third-order valence-corrected chi connectivity index (χ3v) is 6.19. The first-order valence-corrected chi connectivity index (χ1v) is 10.9. The first-order chi connectivity index (χ1) is 14.1. The third-order valence-electron chi connectivity index (χ3n) is 5.56. The number of anilines is 1. The Balaban J connectivity index is 1.15. The maximum atomic E-state index is 12.2. The first-order valence-electron chi connectivity index (χ1n) is 10.0. The van der Waals surface area contributed by atoms with Crippen LogP contribution < -0.4 is 10.1 Å². The summed E-state index contributed by atoms with van der Waals surface area (Å²) in [6, 6.07) is 3.67. The number of H-pyrrole nitrogens is 1. The van der Waals surface area contributed by atoms with Crippen molar-refractivity contribution >= 4 is 23.3 Å². The summed E-state index contributed by atoms with van der Waals surface area (Å²) < 4.78 is 15.8. The number of rotatable bonds is 7. The minimum Gasteiger partial charge on any atom is -0.474 e. The Morgan fingerprint density at radius 3 is 2.97 bits per heavy atom. The molecule has 2 atom stereocenters. The molecule has 5 rings (SSSR count). The summed E-state index contributed by atoms with van der Waals surface area (Å²) in [6.07, 6.45) is 5.77. The van der Waals surface area contributed by atoms with Crippen molar-refractivity contribution in [1.29, 1.82) is 0 Å². The summed E-state index contributed by atoms with van der Waals surface area (Å²) in [4.78, 5) is 12.2. The van der Waals surface area contributed by atoms with E-state index in [0.29, 0.717) is 23.4 Å². The van der Waals surface area contributed by atoms with Crippen LogP contribution in [-0.4, -0.2) is 31.7 Å². The van der Waals surface area contributed by atoms with E-state index in [-0.39, 0.29) is 18.4 Å². The third kappa shape index (κ3) is 4.19. The molecule has 3 heterocycles. The number of hydrogen-bond acceptors (Lipinski definition) is 7. The van der Waals surface area contributed by atoms with Gasteiger partial charge in [-0.2, -0.15) is 9.47 Å². The lowest BCUT2D eigenvalue weighted by atomic mass is 10.0. The normalized spacial score (nSPS) is 21.4. The number of aromatic nitrogens is 4. The maximum absolute atomic E-state index is 12.2. The summed E-state index contributed by atoms with van der Waals surface area (Å²) in [7, 11) is 0. The van der Waals surface area contributed by atoms with Crippen LogP contribution in [0.2, 0.25) is 0 Å². The van der Waals surface area contributed by atoms with E-state index in [1.807, 2.05) is 13.0 Å². The van der Waals surface area contributed by atoms with Crippen molar-refractivity contribution in [2.24, 2.45) is 0 Å². The second-order valence-electron chi connectivity index (χ2n) is 7.97. The van der Waals surface area contributed by atoms with Crippen molar-refractivity contribution < 1.29 is 14.1 Å². The van der Waals surface area contributed by atoms with Gasteiger partial charge in [-0.15, -0.1) is 0 Å². The number of amides is 1. The van der Waals surface area contributed by atoms with E-state index in [1.165, 1.54) is 29.9 Å². The average Bonchev–Trinajstić information content (AvgIpc) is 3.11. The molecule has 0 radical (unpaired) electrons. The smallest absolute Gasteiger partial charge is 0.233 e. The molecule has 2 fully saturated rings. The Morgan fingerprint density at radius 2 is 2.17 bits per heavy atom. The zero-order valence-corrected chi connectivity index (χ0v) is 17.0. The van der Waals surface area contributed by atoms with Crippen LogP contribution in [0.15, 0.2) is 22.0 Å². The van der Waals surface area contributed by atoms with E-state index in [2.05, 4.69) is 30.4 Å². The molecule has 3 aromatic rings. The number of aromatic amines is 1. The summed E-state index contributed by atoms with van der Waals surface area (Å²) in [5, 5.41) is 16.0. The van der Waals surface area contributed by atoms with Crippen molar-refractivity contribution in [3.63, 3.8) is 0 Å². The van der Waals surface area contributed by atoms with Crippen LogP contribution in [0.3, 0.4) is 0 Å². The van der Waals surface area contributed by atoms with Gasteiger partial charge in [-0.25, -0.2) is 0 Å². The highest BCUT2D eigenvalue weighted by Gasteiger charge is 2.33. The molecule has 9 heteroatoms. The highest BCUT2D eigenvalue weighted by atomic mass is 32.1. The average molecular weight is 414 g/mol. The molecule has 8 nitrogen and oxygen atoms in total. The Labute approximate surface area is 172 Å². The van der Waals surface area contributed by atoms with E-state index in [9.17, 15) is 4.79 Å². The molecule has 0 saturated heterocycles. The number of carbonyl (C=O) groups is 1. The van der Waals surface area contributed by atoms with Gasteiger partial charge in [-0.1, -0.05) is 5.16 Å². The van der Waals surface area contributed by atoms with Crippen LogP contribution in [0.4, 0.5) is 5.82 Å². The number of carbonyl (C=O) groups excluding carboxylic acids is 1. The van der Waals surface area contributed by atoms with Crippen molar-refractivity contribution in [3.05, 3.63) is 40.2 Å². The number of aryl methyl sites for hydroxylation is 1. The second-order valence-corrected chi connectivity index (χ2v) is 8.60. The van der Waals surface area contributed by atoms with E-state index in [4.69, 9.17) is 9.26 Å². The van der Waals surface area contributed by atoms with Crippen LogP contribution in [0, 0.1) is 6.92 Å². The van der Waals surface area contributed by atoms with Gasteiger partial charge in [0.1, 0.15) is 11.9 Å². The zero-order chi connectivity index (χ0) is 19.8. The largest absolute Gasteiger partial charge is 0.474 e. The first kappa shape index (κ1) is 18.4. The van der Waals surface area contributed by atoms with Gasteiger partial charge in [0.15, 0.2) is 5.82 Å². The van der Waals surface area contributed by atoms with Gasteiger partial charge < -0.3 is 14.6 Å². The maximum Gasteiger partial charge on any atom is 0.233 e. The van der Waals surface area contributed by atoms with Gasteiger partial charge >= 0.3 is 0 Å². The topological polar surface area (TPSA) is 106 Å². The van der Waals surface area contributed by atoms with Crippen molar-refractivity contribution in [3.8, 4) is 5.88 Å². The van der Waals surface area contributed by atoms with Gasteiger partial charge in [-0.3, -0.25) is 9.89 Å². The molecule has 2 unspecified atom stereocenters. The predicted octanol–water partition coefficient (Wildman–Crippen LogP) is 3.94. The van der Waals surface area contributed by atoms with Gasteiger partial charge in [0.2, 0.25) is 11.8 Å². The number of nitrogens with zero attached hydrogens (tertiary/aromatic N) is 3. The number of ether oxygens (including phenoxy) is 1. The SMILES string of the molecule is Cc1cc(CC(=O)Nc2cc(C3CCC(Oc4nscc4C4CC4)C3)[nH]n2)on1. The molecule has 29 heavy (non-hydrogen) atoms. The van der Waals surface area contributed by atoms with Crippen LogP contribution >= 0.6 is 11.5 Å². The highest BCUT2D eigenvalue weighted by Crippen LogP contribution is 2.46. The van der Waals surface area contributed by atoms with Gasteiger partial charge in [0, 0.05) is 34.7 Å². The van der Waals surface area contributed by atoms with Crippen molar-refractivity contribution in [2.45, 2.75) is 63.4 Å².